The van der Waals surface area contributed by atoms with Crippen molar-refractivity contribution in [1.82, 2.24) is 0 Å². The lowest BCUT2D eigenvalue weighted by Gasteiger charge is -2.38. The van der Waals surface area contributed by atoms with E-state index in [-0.39, 0.29) is 34.9 Å². The molecule has 2 saturated carbocycles. The molecule has 0 spiro atoms. The van der Waals surface area contributed by atoms with E-state index in [9.17, 15) is 70.2 Å². The van der Waals surface area contributed by atoms with Gasteiger partial charge in [0.1, 0.15) is 45.9 Å². The molecule has 0 heterocycles. The highest BCUT2D eigenvalue weighted by molar-refractivity contribution is 5.66. The lowest BCUT2D eigenvalue weighted by atomic mass is 9.68. The zero-order valence-electron chi connectivity index (χ0n) is 48.7. The molecule has 0 bridgehead atoms. The van der Waals surface area contributed by atoms with E-state index in [1.165, 1.54) is 58.5 Å². The topological polar surface area (TPSA) is 27.7 Å². The average molecular weight is 1240 g/mol. The predicted octanol–water partition coefficient (Wildman–Crippen LogP) is 21.7. The number of hydrogen-bond donors (Lipinski definition) is 0. The summed E-state index contributed by atoms with van der Waals surface area (Å²) in [5.41, 5.74) is -1.59. The first-order valence-electron chi connectivity index (χ1n) is 28.8. The fourth-order valence-electron chi connectivity index (χ4n) is 11.5. The Hall–Kier alpha value is -7.18. The normalized spacial score (nSPS) is 17.0. The highest BCUT2D eigenvalue weighted by Crippen LogP contribution is 2.46. The van der Waals surface area contributed by atoms with Crippen LogP contribution in [0.25, 0.3) is 22.3 Å². The third kappa shape index (κ3) is 15.9. The Morgan fingerprint density at radius 2 is 0.770 bits per heavy atom. The van der Waals surface area contributed by atoms with E-state index >= 15 is 0 Å². The maximum absolute atomic E-state index is 14.5. The van der Waals surface area contributed by atoms with Crippen LogP contribution < -0.4 is 14.2 Å². The van der Waals surface area contributed by atoms with Gasteiger partial charge in [-0.3, -0.25) is 0 Å². The molecule has 0 radical (unpaired) electrons. The molecular weight excluding hydrogens is 1170 g/mol. The predicted molar refractivity (Wildman–Crippen MR) is 301 cm³/mol. The summed E-state index contributed by atoms with van der Waals surface area (Å²) in [6, 6.07) is 20.0. The van der Waals surface area contributed by atoms with Gasteiger partial charge >= 0.3 is 12.2 Å². The van der Waals surface area contributed by atoms with Crippen LogP contribution in [0.5, 0.6) is 17.2 Å². The molecule has 0 atom stereocenters. The number of benzene rings is 7. The first-order chi connectivity index (χ1) is 41.2. The monoisotopic (exact) mass is 1230 g/mol. The first kappa shape index (κ1) is 67.3. The number of rotatable bonds is 17. The summed E-state index contributed by atoms with van der Waals surface area (Å²) in [7, 11) is 1.37. The molecule has 3 nitrogen and oxygen atoms in total. The summed E-state index contributed by atoms with van der Waals surface area (Å²) in [4.78, 5) is 0. The Labute approximate surface area is 495 Å². The van der Waals surface area contributed by atoms with E-state index in [1.807, 2.05) is 13.8 Å². The minimum atomic E-state index is -4.63. The van der Waals surface area contributed by atoms with Gasteiger partial charge in [0, 0.05) is 23.3 Å². The third-order valence-corrected chi connectivity index (χ3v) is 16.3. The number of hydrogen-bond acceptors (Lipinski definition) is 3. The minimum absolute atomic E-state index is 0.00113. The van der Waals surface area contributed by atoms with Crippen LogP contribution in [0.4, 0.5) is 70.2 Å². The second-order valence-corrected chi connectivity index (χ2v) is 22.1. The molecule has 0 saturated heterocycles. The molecule has 0 amide bonds. The summed E-state index contributed by atoms with van der Waals surface area (Å²) in [6.07, 6.45) is 6.77. The maximum atomic E-state index is 14.5. The smallest absolute Gasteiger partial charge is 0.432 e. The van der Waals surface area contributed by atoms with Crippen LogP contribution >= 0.6 is 0 Å². The Kier molecular flexibility index (Phi) is 22.6. The van der Waals surface area contributed by atoms with Crippen LogP contribution in [0.1, 0.15) is 143 Å². The van der Waals surface area contributed by atoms with E-state index in [2.05, 4.69) is 16.4 Å². The highest BCUT2D eigenvalue weighted by Gasteiger charge is 2.44. The largest absolute Gasteiger partial charge is 0.494 e. The van der Waals surface area contributed by atoms with Gasteiger partial charge in [0.2, 0.25) is 5.82 Å². The van der Waals surface area contributed by atoms with E-state index in [0.29, 0.717) is 41.0 Å². The number of methoxy groups -OCH3 is 1. The summed E-state index contributed by atoms with van der Waals surface area (Å²) in [5, 5.41) is 0. The molecule has 7 aromatic rings. The fourth-order valence-corrected chi connectivity index (χ4v) is 11.5. The van der Waals surface area contributed by atoms with Crippen molar-refractivity contribution >= 4 is 0 Å². The van der Waals surface area contributed by atoms with Crippen molar-refractivity contribution in [3.8, 4) is 39.5 Å². The Morgan fingerprint density at radius 3 is 1.13 bits per heavy atom. The zero-order chi connectivity index (χ0) is 63.7. The third-order valence-electron chi connectivity index (χ3n) is 16.3. The van der Waals surface area contributed by atoms with Crippen molar-refractivity contribution in [3.63, 3.8) is 0 Å². The van der Waals surface area contributed by atoms with E-state index in [4.69, 9.17) is 4.74 Å². The van der Waals surface area contributed by atoms with Gasteiger partial charge in [-0.05, 0) is 158 Å². The average Bonchev–Trinajstić information content (AvgIpc) is 2.14. The van der Waals surface area contributed by atoms with Gasteiger partial charge in [-0.2, -0.15) is 22.0 Å². The highest BCUT2D eigenvalue weighted by atomic mass is 19.3. The molecule has 87 heavy (non-hydrogen) atoms. The van der Waals surface area contributed by atoms with Crippen LogP contribution in [-0.4, -0.2) is 7.11 Å². The standard InChI is InChI=1S/2C23H17F7O.C22H32F2O/c2*1-3-4-13-5-7-14(8-6-13)15-9-16(24)20(17(25)10-15)23(29,30)31-19-11-18(26)22(28)21(27)12(19)2;1-3-4-15-5-7-16(8-6-15)17-9-11-18(12-10-17)19-13-14-20(25-2)22(24)21(19)23/h2*5-11H,3-4H2,1-2H3;13-18H,3-12H2,1-2H3. The SMILES string of the molecule is CCCC1CCC(C2CCC(c3ccc(OC)c(F)c3F)CC2)CC1.CCCc1ccc(-c2cc(F)c(C(F)(F)Oc3cc(F)c(F)c(F)c3C)c(F)c2)cc1.CCCc1ccc(-c2cc(F)c(C(F)(F)Oc3cc(F)c(F)c(F)c3C)c(F)c2)cc1. The van der Waals surface area contributed by atoms with E-state index in [0.717, 1.165) is 81.3 Å². The van der Waals surface area contributed by atoms with Crippen LogP contribution in [0.15, 0.2) is 97.1 Å². The van der Waals surface area contributed by atoms with Crippen LogP contribution in [0, 0.1) is 101 Å². The number of aryl methyl sites for hydroxylation is 2. The molecule has 468 valence electrons. The summed E-state index contributed by atoms with van der Waals surface area (Å²) >= 11 is 0. The van der Waals surface area contributed by atoms with Crippen molar-refractivity contribution in [3.05, 3.63) is 206 Å². The van der Waals surface area contributed by atoms with E-state index < -0.39 is 116 Å². The lowest BCUT2D eigenvalue weighted by molar-refractivity contribution is -0.190. The number of alkyl halides is 4. The lowest BCUT2D eigenvalue weighted by Crippen LogP contribution is -2.26. The van der Waals surface area contributed by atoms with Crippen molar-refractivity contribution < 1.29 is 84.5 Å². The molecule has 9 rings (SSSR count). The maximum Gasteiger partial charge on any atom is 0.432 e. The molecule has 19 heteroatoms. The molecule has 2 fully saturated rings. The molecule has 0 aliphatic heterocycles. The first-order valence-corrected chi connectivity index (χ1v) is 28.8. The van der Waals surface area contributed by atoms with Gasteiger partial charge in [0.25, 0.3) is 0 Å². The Morgan fingerprint density at radius 1 is 0.391 bits per heavy atom. The second-order valence-electron chi connectivity index (χ2n) is 22.1. The quantitative estimate of drug-likeness (QED) is 0.0672. The van der Waals surface area contributed by atoms with Gasteiger partial charge in [0.15, 0.2) is 46.5 Å². The Bertz CT molecular complexity index is 3260. The molecule has 2 aliphatic carbocycles. The summed E-state index contributed by atoms with van der Waals surface area (Å²) in [6.45, 7) is 8.00. The molecule has 0 N–H and O–H groups in total. The molecule has 0 aromatic heterocycles. The van der Waals surface area contributed by atoms with Gasteiger partial charge in [-0.15, -0.1) is 0 Å². The Balaban J connectivity index is 0.000000188. The number of halogens is 16. The van der Waals surface area contributed by atoms with Crippen LogP contribution in [0.2, 0.25) is 0 Å². The van der Waals surface area contributed by atoms with E-state index in [1.54, 1.807) is 60.7 Å². The van der Waals surface area contributed by atoms with Gasteiger partial charge in [-0.1, -0.05) is 114 Å². The van der Waals surface area contributed by atoms with Crippen LogP contribution in [-0.2, 0) is 25.1 Å². The van der Waals surface area contributed by atoms with Gasteiger partial charge in [-0.25, -0.2) is 48.3 Å². The molecular formula is C68H66F16O3. The van der Waals surface area contributed by atoms with Gasteiger partial charge < -0.3 is 14.2 Å². The van der Waals surface area contributed by atoms with Gasteiger partial charge in [0.05, 0.1) is 7.11 Å². The minimum Gasteiger partial charge on any atom is -0.494 e. The molecule has 7 aromatic carbocycles. The second kappa shape index (κ2) is 29.2. The summed E-state index contributed by atoms with van der Waals surface area (Å²) in [5.74, 6) is -18.2. The van der Waals surface area contributed by atoms with Crippen molar-refractivity contribution in [1.29, 1.82) is 0 Å². The number of ether oxygens (including phenoxy) is 3. The molecule has 0 unspecified atom stereocenters. The van der Waals surface area contributed by atoms with Crippen molar-refractivity contribution in [2.24, 2.45) is 17.8 Å². The van der Waals surface area contributed by atoms with Crippen molar-refractivity contribution in [2.75, 3.05) is 7.11 Å². The van der Waals surface area contributed by atoms with Crippen molar-refractivity contribution in [2.45, 2.75) is 143 Å². The fraction of sp³-hybridized carbons (Fsp3) is 0.382. The molecule has 2 aliphatic rings. The van der Waals surface area contributed by atoms with Crippen LogP contribution in [0.3, 0.4) is 0 Å². The zero-order valence-corrected chi connectivity index (χ0v) is 48.7. The summed E-state index contributed by atoms with van der Waals surface area (Å²) < 4.78 is 238.